The maximum absolute atomic E-state index is 13.7. The molecule has 1 atom stereocenters. The highest BCUT2D eigenvalue weighted by Crippen LogP contribution is 2.12. The smallest absolute Gasteiger partial charge is 0.408 e. The van der Waals surface area contributed by atoms with E-state index >= 15 is 0 Å². The first-order chi connectivity index (χ1) is 17.5. The lowest BCUT2D eigenvalue weighted by Gasteiger charge is -2.27. The van der Waals surface area contributed by atoms with Gasteiger partial charge in [0.1, 0.15) is 19.2 Å². The topological polar surface area (TPSA) is 84.9 Å². The van der Waals surface area contributed by atoms with Crippen LogP contribution in [0, 0.1) is 0 Å². The van der Waals surface area contributed by atoms with E-state index in [0.29, 0.717) is 12.8 Å². The highest BCUT2D eigenvalue weighted by molar-refractivity contribution is 5.88. The van der Waals surface area contributed by atoms with E-state index in [1.807, 2.05) is 91.0 Å². The van der Waals surface area contributed by atoms with Gasteiger partial charge < -0.3 is 19.7 Å². The minimum absolute atomic E-state index is 0.0861. The van der Waals surface area contributed by atoms with Gasteiger partial charge in [-0.3, -0.25) is 9.59 Å². The van der Waals surface area contributed by atoms with Crippen LogP contribution in [0.4, 0.5) is 4.79 Å². The van der Waals surface area contributed by atoms with Gasteiger partial charge in [-0.2, -0.15) is 0 Å². The SMILES string of the molecule is CCOC(=O)CN(Cc1ccccc1)C(=O)[C@H](CCc1ccccc1)NC(=O)OCc1ccccc1. The first-order valence-corrected chi connectivity index (χ1v) is 12.0. The van der Waals surface area contributed by atoms with E-state index in [1.165, 1.54) is 4.90 Å². The maximum Gasteiger partial charge on any atom is 0.408 e. The molecule has 3 aromatic carbocycles. The van der Waals surface area contributed by atoms with Gasteiger partial charge in [0, 0.05) is 6.54 Å². The zero-order valence-corrected chi connectivity index (χ0v) is 20.5. The predicted octanol–water partition coefficient (Wildman–Crippen LogP) is 4.51. The van der Waals surface area contributed by atoms with E-state index < -0.39 is 18.1 Å². The molecule has 0 aromatic heterocycles. The minimum atomic E-state index is -0.883. The number of ether oxygens (including phenoxy) is 2. The Morgan fingerprint density at radius 2 is 1.33 bits per heavy atom. The van der Waals surface area contributed by atoms with Crippen LogP contribution in [0.15, 0.2) is 91.0 Å². The highest BCUT2D eigenvalue weighted by atomic mass is 16.5. The van der Waals surface area contributed by atoms with Gasteiger partial charge in [-0.15, -0.1) is 0 Å². The summed E-state index contributed by atoms with van der Waals surface area (Å²) < 4.78 is 10.5. The molecule has 188 valence electrons. The maximum atomic E-state index is 13.7. The number of amides is 2. The van der Waals surface area contributed by atoms with E-state index in [4.69, 9.17) is 9.47 Å². The zero-order valence-electron chi connectivity index (χ0n) is 20.5. The summed E-state index contributed by atoms with van der Waals surface area (Å²) in [5.74, 6) is -0.880. The Morgan fingerprint density at radius 1 is 0.778 bits per heavy atom. The van der Waals surface area contributed by atoms with Crippen LogP contribution in [-0.4, -0.2) is 42.1 Å². The van der Waals surface area contributed by atoms with Gasteiger partial charge in [-0.25, -0.2) is 4.79 Å². The Labute approximate surface area is 212 Å². The first-order valence-electron chi connectivity index (χ1n) is 12.0. The summed E-state index contributed by atoms with van der Waals surface area (Å²) in [6.07, 6.45) is 0.215. The Morgan fingerprint density at radius 3 is 1.92 bits per heavy atom. The van der Waals surface area contributed by atoms with E-state index in [9.17, 15) is 14.4 Å². The number of esters is 1. The number of rotatable bonds is 12. The molecule has 0 aliphatic carbocycles. The number of nitrogens with zero attached hydrogens (tertiary/aromatic N) is 1. The first kappa shape index (κ1) is 26.5. The van der Waals surface area contributed by atoms with Crippen LogP contribution in [-0.2, 0) is 38.6 Å². The van der Waals surface area contributed by atoms with Crippen molar-refractivity contribution < 1.29 is 23.9 Å². The van der Waals surface area contributed by atoms with Crippen molar-refractivity contribution in [3.05, 3.63) is 108 Å². The van der Waals surface area contributed by atoms with Gasteiger partial charge >= 0.3 is 12.1 Å². The molecule has 1 N–H and O–H groups in total. The van der Waals surface area contributed by atoms with Crippen molar-refractivity contribution in [2.24, 2.45) is 0 Å². The summed E-state index contributed by atoms with van der Waals surface area (Å²) in [4.78, 5) is 40.0. The summed E-state index contributed by atoms with van der Waals surface area (Å²) >= 11 is 0. The largest absolute Gasteiger partial charge is 0.465 e. The standard InChI is InChI=1S/C29H32N2O5/c1-2-35-27(32)21-31(20-24-14-8-4-9-15-24)28(33)26(19-18-23-12-6-3-7-13-23)30-29(34)36-22-25-16-10-5-11-17-25/h3-17,26H,2,18-22H2,1H3,(H,30,34)/t26-/m0/s1. The Bertz CT molecular complexity index is 1090. The Kier molecular flexibility index (Phi) is 10.5. The lowest BCUT2D eigenvalue weighted by atomic mass is 10.0. The molecule has 7 nitrogen and oxygen atoms in total. The van der Waals surface area contributed by atoms with E-state index in [0.717, 1.165) is 16.7 Å². The van der Waals surface area contributed by atoms with Crippen molar-refractivity contribution in [3.8, 4) is 0 Å². The van der Waals surface area contributed by atoms with Crippen LogP contribution in [0.1, 0.15) is 30.0 Å². The number of aryl methyl sites for hydroxylation is 1. The molecule has 0 radical (unpaired) electrons. The number of hydrogen-bond donors (Lipinski definition) is 1. The van der Waals surface area contributed by atoms with E-state index in [1.54, 1.807) is 6.92 Å². The molecule has 0 bridgehead atoms. The van der Waals surface area contributed by atoms with Crippen LogP contribution in [0.2, 0.25) is 0 Å². The molecular weight excluding hydrogens is 456 g/mol. The summed E-state index contributed by atoms with van der Waals surface area (Å²) in [7, 11) is 0. The van der Waals surface area contributed by atoms with Gasteiger partial charge in [-0.05, 0) is 36.5 Å². The molecule has 3 aromatic rings. The fourth-order valence-corrected chi connectivity index (χ4v) is 3.72. The van der Waals surface area contributed by atoms with Gasteiger partial charge in [-0.1, -0.05) is 91.0 Å². The Hall–Kier alpha value is -4.13. The summed E-state index contributed by atoms with van der Waals surface area (Å²) in [5, 5.41) is 2.72. The number of benzene rings is 3. The van der Waals surface area contributed by atoms with Crippen LogP contribution in [0.3, 0.4) is 0 Å². The van der Waals surface area contributed by atoms with Crippen molar-refractivity contribution >= 4 is 18.0 Å². The molecular formula is C29H32N2O5. The molecule has 0 heterocycles. The molecule has 2 amide bonds. The highest BCUT2D eigenvalue weighted by Gasteiger charge is 2.28. The Balaban J connectivity index is 1.75. The monoisotopic (exact) mass is 488 g/mol. The molecule has 0 saturated carbocycles. The summed E-state index contributed by atoms with van der Waals surface area (Å²) in [5.41, 5.74) is 2.74. The second-order valence-corrected chi connectivity index (χ2v) is 8.27. The van der Waals surface area contributed by atoms with Crippen molar-refractivity contribution in [2.45, 2.75) is 39.0 Å². The van der Waals surface area contributed by atoms with Gasteiger partial charge in [0.2, 0.25) is 5.91 Å². The van der Waals surface area contributed by atoms with Crippen LogP contribution in [0.25, 0.3) is 0 Å². The lowest BCUT2D eigenvalue weighted by Crippen LogP contribution is -2.50. The molecule has 0 unspecified atom stereocenters. The fraction of sp³-hybridized carbons (Fsp3) is 0.276. The van der Waals surface area contributed by atoms with Crippen LogP contribution in [0.5, 0.6) is 0 Å². The average molecular weight is 489 g/mol. The zero-order chi connectivity index (χ0) is 25.6. The minimum Gasteiger partial charge on any atom is -0.465 e. The lowest BCUT2D eigenvalue weighted by molar-refractivity contribution is -0.150. The third kappa shape index (κ3) is 8.91. The van der Waals surface area contributed by atoms with Gasteiger partial charge in [0.05, 0.1) is 6.61 Å². The van der Waals surface area contributed by atoms with Crippen molar-refractivity contribution in [1.29, 1.82) is 0 Å². The second kappa shape index (κ2) is 14.3. The third-order valence-corrected chi connectivity index (χ3v) is 5.52. The molecule has 7 heteroatoms. The number of alkyl carbamates (subject to hydrolysis) is 1. The second-order valence-electron chi connectivity index (χ2n) is 8.27. The molecule has 0 aliphatic heterocycles. The van der Waals surface area contributed by atoms with Crippen LogP contribution < -0.4 is 5.32 Å². The van der Waals surface area contributed by atoms with E-state index in [2.05, 4.69) is 5.32 Å². The normalized spacial score (nSPS) is 11.2. The van der Waals surface area contributed by atoms with Crippen LogP contribution >= 0.6 is 0 Å². The van der Waals surface area contributed by atoms with Crippen molar-refractivity contribution in [1.82, 2.24) is 10.2 Å². The molecule has 0 saturated heterocycles. The molecule has 0 fully saturated rings. The van der Waals surface area contributed by atoms with Crippen molar-refractivity contribution in [3.63, 3.8) is 0 Å². The third-order valence-electron chi connectivity index (χ3n) is 5.52. The number of carbonyl (C=O) groups is 3. The van der Waals surface area contributed by atoms with Gasteiger partial charge in [0.25, 0.3) is 0 Å². The van der Waals surface area contributed by atoms with Crippen molar-refractivity contribution in [2.75, 3.05) is 13.2 Å². The summed E-state index contributed by atoms with van der Waals surface area (Å²) in [6, 6.07) is 27.5. The molecule has 0 spiro atoms. The number of nitrogens with one attached hydrogen (secondary N) is 1. The average Bonchev–Trinajstić information content (AvgIpc) is 2.91. The quantitative estimate of drug-likeness (QED) is 0.379. The molecule has 36 heavy (non-hydrogen) atoms. The molecule has 0 aliphatic rings. The van der Waals surface area contributed by atoms with E-state index in [-0.39, 0.29) is 32.2 Å². The number of carbonyl (C=O) groups excluding carboxylic acids is 3. The molecule has 3 rings (SSSR count). The number of hydrogen-bond acceptors (Lipinski definition) is 5. The van der Waals surface area contributed by atoms with Gasteiger partial charge in [0.15, 0.2) is 0 Å². The predicted molar refractivity (Wildman–Crippen MR) is 137 cm³/mol. The summed E-state index contributed by atoms with van der Waals surface area (Å²) in [6.45, 7) is 2.01. The fourth-order valence-electron chi connectivity index (χ4n) is 3.72.